The maximum absolute atomic E-state index is 12.4. The van der Waals surface area contributed by atoms with Crippen molar-refractivity contribution in [3.05, 3.63) is 0 Å². The number of guanidine groups is 1. The number of nitrogens with one attached hydrogen (secondary N) is 3. The smallest absolute Gasteiger partial charge is 0.326 e. The van der Waals surface area contributed by atoms with E-state index in [0.717, 1.165) is 19.3 Å². The van der Waals surface area contributed by atoms with Gasteiger partial charge in [0.25, 0.3) is 0 Å². The van der Waals surface area contributed by atoms with Gasteiger partial charge < -0.3 is 26.6 Å². The Morgan fingerprint density at radius 3 is 2.17 bits per heavy atom. The summed E-state index contributed by atoms with van der Waals surface area (Å²) in [7, 11) is 0. The second kappa shape index (κ2) is 13.2. The van der Waals surface area contributed by atoms with Crippen LogP contribution in [0, 0.1) is 11.3 Å². The van der Waals surface area contributed by atoms with Crippen LogP contribution in [-0.2, 0) is 19.2 Å². The fraction of sp³-hybridized carbons (Fsp3) is 0.667. The van der Waals surface area contributed by atoms with E-state index < -0.39 is 54.1 Å². The molecule has 0 rings (SSSR count). The van der Waals surface area contributed by atoms with Crippen molar-refractivity contribution in [3.63, 3.8) is 0 Å². The largest absolute Gasteiger partial charge is 0.481 e. The van der Waals surface area contributed by atoms with E-state index in [4.69, 9.17) is 16.2 Å². The van der Waals surface area contributed by atoms with Gasteiger partial charge in [-0.15, -0.1) is 0 Å². The highest BCUT2D eigenvalue weighted by atomic mass is 16.4. The third kappa shape index (κ3) is 11.5. The number of carboxylic acid groups (broad SMARTS) is 2. The van der Waals surface area contributed by atoms with Gasteiger partial charge in [0.05, 0.1) is 12.8 Å². The zero-order valence-corrected chi connectivity index (χ0v) is 17.0. The van der Waals surface area contributed by atoms with Crippen LogP contribution in [0.2, 0.25) is 0 Å². The van der Waals surface area contributed by atoms with E-state index in [0.29, 0.717) is 12.1 Å². The number of carbonyl (C=O) groups is 4. The maximum atomic E-state index is 12.4. The molecule has 0 aromatic heterocycles. The van der Waals surface area contributed by atoms with Crippen LogP contribution in [0.5, 0.6) is 0 Å². The molecule has 0 aromatic rings. The van der Waals surface area contributed by atoms with Crippen molar-refractivity contribution in [1.29, 1.82) is 5.41 Å². The summed E-state index contributed by atoms with van der Waals surface area (Å²) in [6.45, 7) is 5.18. The molecule has 0 aromatic carbocycles. The molecule has 0 aliphatic heterocycles. The molecule has 0 radical (unpaired) electrons. The van der Waals surface area contributed by atoms with Crippen LogP contribution in [0.15, 0.2) is 4.99 Å². The lowest BCUT2D eigenvalue weighted by molar-refractivity contribution is -0.144. The SMILES string of the molecule is CCCCCC(CC(=O)N[C@@H](CC(=O)O)C(=O)N[C@H](C(=O)O)C(C)C)=NC(=N)N. The van der Waals surface area contributed by atoms with E-state index in [2.05, 4.69) is 15.6 Å². The number of hydrogen-bond donors (Lipinski definition) is 6. The van der Waals surface area contributed by atoms with Crippen molar-refractivity contribution in [3.8, 4) is 0 Å². The fourth-order valence-corrected chi connectivity index (χ4v) is 2.52. The third-order valence-electron chi connectivity index (χ3n) is 3.97. The Morgan fingerprint density at radius 1 is 1.10 bits per heavy atom. The highest BCUT2D eigenvalue weighted by molar-refractivity contribution is 6.06. The van der Waals surface area contributed by atoms with Gasteiger partial charge in [-0.1, -0.05) is 33.6 Å². The zero-order chi connectivity index (χ0) is 22.6. The van der Waals surface area contributed by atoms with Crippen molar-refractivity contribution in [2.24, 2.45) is 16.6 Å². The van der Waals surface area contributed by atoms with Crippen molar-refractivity contribution in [1.82, 2.24) is 10.6 Å². The molecule has 0 heterocycles. The standard InChI is InChI=1S/C18H31N5O6/c1-4-5-6-7-11(21-18(19)20)8-13(24)22-12(9-14(25)26)16(27)23-15(10(2)3)17(28)29/h10,12,15H,4-9H2,1-3H3,(H3,19,20)(H,22,24)(H,23,27)(H,25,26)(H,28,29)/t12-,15-/m0/s1. The minimum Gasteiger partial charge on any atom is -0.481 e. The summed E-state index contributed by atoms with van der Waals surface area (Å²) in [5, 5.41) is 30.0. The van der Waals surface area contributed by atoms with Crippen LogP contribution in [0.25, 0.3) is 0 Å². The molecule has 0 unspecified atom stereocenters. The van der Waals surface area contributed by atoms with Gasteiger partial charge in [-0.05, 0) is 18.8 Å². The first-order valence-electron chi connectivity index (χ1n) is 9.42. The number of aliphatic imine (C=N–C) groups is 1. The number of carboxylic acids is 2. The average Bonchev–Trinajstić information content (AvgIpc) is 2.57. The highest BCUT2D eigenvalue weighted by Crippen LogP contribution is 2.06. The second-order valence-corrected chi connectivity index (χ2v) is 6.98. The normalized spacial score (nSPS) is 13.4. The molecule has 0 aliphatic rings. The summed E-state index contributed by atoms with van der Waals surface area (Å²) in [6, 6.07) is -2.67. The van der Waals surface area contributed by atoms with Crippen LogP contribution in [0.1, 0.15) is 59.3 Å². The van der Waals surface area contributed by atoms with Gasteiger partial charge in [0, 0.05) is 5.71 Å². The van der Waals surface area contributed by atoms with E-state index in [-0.39, 0.29) is 6.42 Å². The molecule has 29 heavy (non-hydrogen) atoms. The molecule has 7 N–H and O–H groups in total. The molecule has 11 heteroatoms. The second-order valence-electron chi connectivity index (χ2n) is 6.98. The van der Waals surface area contributed by atoms with Crippen molar-refractivity contribution in [2.75, 3.05) is 0 Å². The summed E-state index contributed by atoms with van der Waals surface area (Å²) in [5.74, 6) is -5.06. The molecule has 0 bridgehead atoms. The summed E-state index contributed by atoms with van der Waals surface area (Å²) in [6.07, 6.45) is 2.06. The van der Waals surface area contributed by atoms with E-state index in [1.165, 1.54) is 0 Å². The number of carbonyl (C=O) groups excluding carboxylic acids is 2. The van der Waals surface area contributed by atoms with Crippen molar-refractivity contribution >= 4 is 35.4 Å². The van der Waals surface area contributed by atoms with Crippen LogP contribution >= 0.6 is 0 Å². The molecule has 164 valence electrons. The van der Waals surface area contributed by atoms with Gasteiger partial charge in [0.15, 0.2) is 0 Å². The number of rotatable bonds is 13. The number of aliphatic carboxylic acids is 2. The molecule has 11 nitrogen and oxygen atoms in total. The first kappa shape index (κ1) is 26.0. The van der Waals surface area contributed by atoms with Gasteiger partial charge in [-0.3, -0.25) is 19.8 Å². The summed E-state index contributed by atoms with van der Waals surface area (Å²) < 4.78 is 0. The van der Waals surface area contributed by atoms with Gasteiger partial charge in [-0.2, -0.15) is 0 Å². The number of nitrogens with zero attached hydrogens (tertiary/aromatic N) is 1. The Kier molecular flexibility index (Phi) is 11.9. The lowest BCUT2D eigenvalue weighted by atomic mass is 10.0. The number of amides is 2. The molecule has 2 amide bonds. The van der Waals surface area contributed by atoms with Crippen LogP contribution < -0.4 is 16.4 Å². The van der Waals surface area contributed by atoms with E-state index in [1.54, 1.807) is 13.8 Å². The van der Waals surface area contributed by atoms with Crippen LogP contribution in [0.3, 0.4) is 0 Å². The van der Waals surface area contributed by atoms with Gasteiger partial charge in [0.2, 0.25) is 17.8 Å². The number of nitrogens with two attached hydrogens (primary N) is 1. The zero-order valence-electron chi connectivity index (χ0n) is 17.0. The van der Waals surface area contributed by atoms with Crippen molar-refractivity contribution in [2.45, 2.75) is 71.4 Å². The summed E-state index contributed by atoms with van der Waals surface area (Å²) in [4.78, 5) is 50.8. The minimum atomic E-state index is -1.45. The lowest BCUT2D eigenvalue weighted by Crippen LogP contribution is -2.53. The molecular formula is C18H31N5O6. The monoisotopic (exact) mass is 413 g/mol. The topological polar surface area (TPSA) is 195 Å². The van der Waals surface area contributed by atoms with Gasteiger partial charge >= 0.3 is 11.9 Å². The quantitative estimate of drug-likeness (QED) is 0.143. The predicted octanol–water partition coefficient (Wildman–Crippen LogP) is 0.476. The molecule has 0 saturated heterocycles. The number of unbranched alkanes of at least 4 members (excludes halogenated alkanes) is 2. The minimum absolute atomic E-state index is 0.251. The van der Waals surface area contributed by atoms with Crippen LogP contribution in [-0.4, -0.2) is 57.7 Å². The Hall–Kier alpha value is -2.98. The first-order valence-corrected chi connectivity index (χ1v) is 9.42. The maximum Gasteiger partial charge on any atom is 0.326 e. The van der Waals surface area contributed by atoms with E-state index in [9.17, 15) is 24.3 Å². The summed E-state index contributed by atoms with van der Waals surface area (Å²) >= 11 is 0. The molecule has 2 atom stereocenters. The fourth-order valence-electron chi connectivity index (χ4n) is 2.52. The van der Waals surface area contributed by atoms with Gasteiger partial charge in [-0.25, -0.2) is 9.79 Å². The molecule has 0 saturated carbocycles. The summed E-state index contributed by atoms with van der Waals surface area (Å²) in [5.41, 5.74) is 5.62. The predicted molar refractivity (Wildman–Crippen MR) is 107 cm³/mol. The molecule has 0 aliphatic carbocycles. The third-order valence-corrected chi connectivity index (χ3v) is 3.97. The van der Waals surface area contributed by atoms with Gasteiger partial charge in [0.1, 0.15) is 12.1 Å². The Labute approximate surface area is 169 Å². The average molecular weight is 413 g/mol. The Morgan fingerprint density at radius 2 is 1.72 bits per heavy atom. The van der Waals surface area contributed by atoms with Crippen LogP contribution in [0.4, 0.5) is 0 Å². The first-order chi connectivity index (χ1) is 13.5. The Bertz CT molecular complexity index is 647. The van der Waals surface area contributed by atoms with E-state index in [1.807, 2.05) is 6.92 Å². The number of hydrogen-bond acceptors (Lipinski definition) is 5. The highest BCUT2D eigenvalue weighted by Gasteiger charge is 2.30. The van der Waals surface area contributed by atoms with Crippen molar-refractivity contribution < 1.29 is 29.4 Å². The van der Waals surface area contributed by atoms with E-state index >= 15 is 0 Å². The molecule has 0 spiro atoms. The molecular weight excluding hydrogens is 382 g/mol. The Balaban J connectivity index is 5.21. The molecule has 0 fully saturated rings. The lowest BCUT2D eigenvalue weighted by Gasteiger charge is -2.22.